The van der Waals surface area contributed by atoms with E-state index in [4.69, 9.17) is 0 Å². The lowest BCUT2D eigenvalue weighted by Gasteiger charge is -2.08. The van der Waals surface area contributed by atoms with Crippen molar-refractivity contribution in [2.75, 3.05) is 0 Å². The molecule has 6 nitrogen and oxygen atoms in total. The summed E-state index contributed by atoms with van der Waals surface area (Å²) in [6, 6.07) is 22.6. The van der Waals surface area contributed by atoms with Crippen molar-refractivity contribution in [3.05, 3.63) is 100 Å². The van der Waals surface area contributed by atoms with Crippen molar-refractivity contribution < 1.29 is 9.72 Å². The summed E-state index contributed by atoms with van der Waals surface area (Å²) in [5, 5.41) is 11.3. The maximum Gasteiger partial charge on any atom is 0.280 e. The van der Waals surface area contributed by atoms with Crippen LogP contribution in [0.4, 0.5) is 5.69 Å². The summed E-state index contributed by atoms with van der Waals surface area (Å²) in [6.45, 7) is 0. The number of carbonyl (C=O) groups is 1. The number of benzene rings is 3. The lowest BCUT2D eigenvalue weighted by Crippen LogP contribution is -2.12. The zero-order chi connectivity index (χ0) is 18.1. The molecule has 0 unspecified atom stereocenters. The van der Waals surface area contributed by atoms with Crippen molar-refractivity contribution >= 4 is 22.5 Å². The maximum atomic E-state index is 13.1. The summed E-state index contributed by atoms with van der Waals surface area (Å²) in [5.74, 6) is -0.343. The fourth-order valence-electron chi connectivity index (χ4n) is 2.96. The van der Waals surface area contributed by atoms with E-state index in [0.29, 0.717) is 5.52 Å². The average molecular weight is 343 g/mol. The van der Waals surface area contributed by atoms with Crippen LogP contribution in [-0.4, -0.2) is 20.3 Å². The van der Waals surface area contributed by atoms with Crippen LogP contribution in [0.25, 0.3) is 16.7 Å². The quantitative estimate of drug-likeness (QED) is 0.316. The zero-order valence-electron chi connectivity index (χ0n) is 13.6. The fourth-order valence-corrected chi connectivity index (χ4v) is 2.96. The van der Waals surface area contributed by atoms with E-state index in [1.165, 1.54) is 18.2 Å². The standard InChI is InChI=1S/C20H13N3O3/c24-19(15-10-4-6-12-17(15)23(25)26)20-21-16-11-5-7-13-18(16)22(20)14-8-2-1-3-9-14/h1-13H. The number of hydrogen-bond acceptors (Lipinski definition) is 4. The Morgan fingerprint density at radius 1 is 0.885 bits per heavy atom. The molecule has 4 aromatic rings. The molecule has 3 aromatic carbocycles. The van der Waals surface area contributed by atoms with Crippen molar-refractivity contribution in [1.82, 2.24) is 9.55 Å². The lowest BCUT2D eigenvalue weighted by atomic mass is 10.1. The van der Waals surface area contributed by atoms with Crippen LogP contribution in [0.3, 0.4) is 0 Å². The molecule has 0 bridgehead atoms. The number of fused-ring (bicyclic) bond motifs is 1. The average Bonchev–Trinajstić information content (AvgIpc) is 3.07. The Hall–Kier alpha value is -3.80. The van der Waals surface area contributed by atoms with Gasteiger partial charge in [-0.05, 0) is 30.3 Å². The number of para-hydroxylation sites is 4. The number of aromatic nitrogens is 2. The molecular formula is C20H13N3O3. The molecule has 0 radical (unpaired) electrons. The van der Waals surface area contributed by atoms with Gasteiger partial charge in [0, 0.05) is 11.8 Å². The Kier molecular flexibility index (Phi) is 3.78. The normalized spacial score (nSPS) is 10.8. The second-order valence-corrected chi connectivity index (χ2v) is 5.70. The van der Waals surface area contributed by atoms with Gasteiger partial charge in [0.05, 0.1) is 16.0 Å². The van der Waals surface area contributed by atoms with Gasteiger partial charge < -0.3 is 0 Å². The first kappa shape index (κ1) is 15.7. The van der Waals surface area contributed by atoms with E-state index >= 15 is 0 Å². The zero-order valence-corrected chi connectivity index (χ0v) is 13.6. The van der Waals surface area contributed by atoms with E-state index in [2.05, 4.69) is 4.98 Å². The van der Waals surface area contributed by atoms with Crippen LogP contribution in [0.2, 0.25) is 0 Å². The third-order valence-electron chi connectivity index (χ3n) is 4.12. The minimum atomic E-state index is -0.553. The van der Waals surface area contributed by atoms with Crippen molar-refractivity contribution in [3.63, 3.8) is 0 Å². The highest BCUT2D eigenvalue weighted by molar-refractivity contribution is 6.11. The first-order chi connectivity index (χ1) is 12.7. The summed E-state index contributed by atoms with van der Waals surface area (Å²) in [7, 11) is 0. The van der Waals surface area contributed by atoms with Gasteiger partial charge in [-0.3, -0.25) is 19.5 Å². The Balaban J connectivity index is 1.98. The van der Waals surface area contributed by atoms with Gasteiger partial charge in [-0.25, -0.2) is 4.98 Å². The van der Waals surface area contributed by atoms with Crippen LogP contribution < -0.4 is 0 Å². The van der Waals surface area contributed by atoms with Crippen LogP contribution in [0, 0.1) is 10.1 Å². The van der Waals surface area contributed by atoms with Crippen molar-refractivity contribution in [2.45, 2.75) is 0 Å². The molecule has 126 valence electrons. The summed E-state index contributed by atoms with van der Waals surface area (Å²) >= 11 is 0. The van der Waals surface area contributed by atoms with E-state index < -0.39 is 10.7 Å². The second kappa shape index (κ2) is 6.25. The monoisotopic (exact) mass is 343 g/mol. The second-order valence-electron chi connectivity index (χ2n) is 5.70. The van der Waals surface area contributed by atoms with Gasteiger partial charge in [-0.2, -0.15) is 0 Å². The first-order valence-corrected chi connectivity index (χ1v) is 7.98. The number of hydrogen-bond donors (Lipinski definition) is 0. The SMILES string of the molecule is O=C(c1ccccc1[N+](=O)[O-])c1nc2ccccc2n1-c1ccccc1. The largest absolute Gasteiger partial charge is 0.290 e. The van der Waals surface area contributed by atoms with Gasteiger partial charge in [0.2, 0.25) is 5.78 Å². The Morgan fingerprint density at radius 3 is 2.31 bits per heavy atom. The van der Waals surface area contributed by atoms with Crippen molar-refractivity contribution in [3.8, 4) is 5.69 Å². The topological polar surface area (TPSA) is 78.0 Å². The fraction of sp³-hybridized carbons (Fsp3) is 0. The smallest absolute Gasteiger partial charge is 0.280 e. The molecular weight excluding hydrogens is 330 g/mol. The summed E-state index contributed by atoms with van der Waals surface area (Å²) < 4.78 is 1.73. The van der Waals surface area contributed by atoms with Crippen LogP contribution in [0.15, 0.2) is 78.9 Å². The molecule has 4 rings (SSSR count). The predicted octanol–water partition coefficient (Wildman–Crippen LogP) is 4.16. The predicted molar refractivity (Wildman–Crippen MR) is 97.6 cm³/mol. The molecule has 0 atom stereocenters. The van der Waals surface area contributed by atoms with Crippen molar-refractivity contribution in [2.24, 2.45) is 0 Å². The van der Waals surface area contributed by atoms with E-state index in [1.807, 2.05) is 54.6 Å². The van der Waals surface area contributed by atoms with Gasteiger partial charge in [0.15, 0.2) is 5.82 Å². The number of nitrogens with zero attached hydrogens (tertiary/aromatic N) is 3. The van der Waals surface area contributed by atoms with Gasteiger partial charge in [0.1, 0.15) is 5.56 Å². The molecule has 0 aliphatic rings. The van der Waals surface area contributed by atoms with E-state index in [0.717, 1.165) is 11.2 Å². The maximum absolute atomic E-state index is 13.1. The molecule has 26 heavy (non-hydrogen) atoms. The lowest BCUT2D eigenvalue weighted by molar-refractivity contribution is -0.385. The van der Waals surface area contributed by atoms with Crippen LogP contribution >= 0.6 is 0 Å². The number of carbonyl (C=O) groups excluding carboxylic acids is 1. The van der Waals surface area contributed by atoms with Crippen LogP contribution in [0.5, 0.6) is 0 Å². The van der Waals surface area contributed by atoms with Crippen LogP contribution in [-0.2, 0) is 0 Å². The van der Waals surface area contributed by atoms with E-state index in [1.54, 1.807) is 10.6 Å². The highest BCUT2D eigenvalue weighted by Gasteiger charge is 2.26. The highest BCUT2D eigenvalue weighted by Crippen LogP contribution is 2.26. The molecule has 6 heteroatoms. The number of nitro benzene ring substituents is 1. The molecule has 0 aliphatic heterocycles. The van der Waals surface area contributed by atoms with Crippen LogP contribution in [0.1, 0.15) is 16.2 Å². The van der Waals surface area contributed by atoms with Crippen molar-refractivity contribution in [1.29, 1.82) is 0 Å². The van der Waals surface area contributed by atoms with E-state index in [9.17, 15) is 14.9 Å². The third-order valence-corrected chi connectivity index (χ3v) is 4.12. The summed E-state index contributed by atoms with van der Waals surface area (Å²) in [6.07, 6.45) is 0. The van der Waals surface area contributed by atoms with Gasteiger partial charge in [0.25, 0.3) is 5.69 Å². The summed E-state index contributed by atoms with van der Waals surface area (Å²) in [5.41, 5.74) is 1.97. The Labute approximate surface area is 148 Å². The number of nitro groups is 1. The molecule has 1 aromatic heterocycles. The molecule has 0 aliphatic carbocycles. The van der Waals surface area contributed by atoms with Gasteiger partial charge in [-0.1, -0.05) is 42.5 Å². The molecule has 0 saturated heterocycles. The summed E-state index contributed by atoms with van der Waals surface area (Å²) in [4.78, 5) is 28.4. The third kappa shape index (κ3) is 2.53. The van der Waals surface area contributed by atoms with E-state index in [-0.39, 0.29) is 17.1 Å². The first-order valence-electron chi connectivity index (χ1n) is 7.98. The number of ketones is 1. The number of rotatable bonds is 4. The number of imidazole rings is 1. The van der Waals surface area contributed by atoms with Gasteiger partial charge >= 0.3 is 0 Å². The Bertz CT molecular complexity index is 1130. The minimum absolute atomic E-state index is 0.0185. The molecule has 0 fully saturated rings. The molecule has 0 amide bonds. The highest BCUT2D eigenvalue weighted by atomic mass is 16.6. The molecule has 0 saturated carbocycles. The van der Waals surface area contributed by atoms with Gasteiger partial charge in [-0.15, -0.1) is 0 Å². The Morgan fingerprint density at radius 2 is 1.54 bits per heavy atom. The molecule has 0 N–H and O–H groups in total. The minimum Gasteiger partial charge on any atom is -0.290 e. The molecule has 1 heterocycles. The molecule has 0 spiro atoms.